The number of nitrogens with zero attached hydrogens (tertiary/aromatic N) is 1. The molecule has 0 bridgehead atoms. The molecule has 0 spiro atoms. The minimum absolute atomic E-state index is 0.150. The molecule has 2 aliphatic carbocycles. The molecule has 9 nitrogen and oxygen atoms in total. The summed E-state index contributed by atoms with van der Waals surface area (Å²) < 4.78 is 53.2. The Morgan fingerprint density at radius 2 is 1.73 bits per heavy atom. The maximum atomic E-state index is 13.6. The van der Waals surface area contributed by atoms with Crippen molar-refractivity contribution >= 4 is 27.6 Å². The molecule has 2 aromatic carbocycles. The normalized spacial score (nSPS) is 13.2. The van der Waals surface area contributed by atoms with Crippen LogP contribution in [0.25, 0.3) is 22.6 Å². The number of carbonyl (C=O) groups excluding carboxylic acids is 1. The van der Waals surface area contributed by atoms with Gasteiger partial charge in [0.15, 0.2) is 0 Å². The van der Waals surface area contributed by atoms with Gasteiger partial charge in [0.05, 0.1) is 23.1 Å². The lowest BCUT2D eigenvalue weighted by Gasteiger charge is -2.23. The summed E-state index contributed by atoms with van der Waals surface area (Å²) in [5.41, 5.74) is 4.15. The van der Waals surface area contributed by atoms with E-state index >= 15 is 0 Å². The third-order valence-electron chi connectivity index (χ3n) is 7.68. The van der Waals surface area contributed by atoms with Crippen LogP contribution in [0.1, 0.15) is 63.4 Å². The number of ether oxygens (including phenoxy) is 1. The first-order valence-electron chi connectivity index (χ1n) is 14.5. The van der Waals surface area contributed by atoms with Gasteiger partial charge in [-0.1, -0.05) is 12.1 Å². The molecule has 0 atom stereocenters. The number of benzene rings is 2. The molecular formula is C33H35FN2O7S. The standard InChI is InChI=1S/C33H35FN2O7S/c1-35-32(37)27-19-26-29(43-31(27)23-12-14-25(34)15-13-23)20-28(30(26)22-10-11-22)36(44(2,40)41)16-4-18-42-17-3-5-21-6-8-24(9-7-21)33(38)39/h6-9,12-15,19-20,22H,3-5,10-11,16-18H2,1-2H3,(H,35,37)(H,38,39). The summed E-state index contributed by atoms with van der Waals surface area (Å²) in [4.78, 5) is 23.9. The smallest absolute Gasteiger partial charge is 0.335 e. The lowest BCUT2D eigenvalue weighted by Crippen LogP contribution is -2.31. The fourth-order valence-electron chi connectivity index (χ4n) is 5.35. The molecule has 0 unspecified atom stereocenters. The maximum Gasteiger partial charge on any atom is 0.335 e. The van der Waals surface area contributed by atoms with Crippen LogP contribution >= 0.6 is 0 Å². The lowest BCUT2D eigenvalue weighted by atomic mass is 10.0. The minimum Gasteiger partial charge on any atom is -0.478 e. The van der Waals surface area contributed by atoms with Crippen LogP contribution in [-0.4, -0.2) is 58.5 Å². The van der Waals surface area contributed by atoms with Crippen molar-refractivity contribution in [2.45, 2.75) is 38.0 Å². The average Bonchev–Trinajstić information content (AvgIpc) is 3.77. The van der Waals surface area contributed by atoms with Gasteiger partial charge in [0.25, 0.3) is 5.91 Å². The minimum atomic E-state index is -3.66. The Balaban J connectivity index is 1.33. The summed E-state index contributed by atoms with van der Waals surface area (Å²) >= 11 is 0. The number of sulfonamides is 1. The van der Waals surface area contributed by atoms with Gasteiger partial charge in [0.2, 0.25) is 10.0 Å². The van der Waals surface area contributed by atoms with Crippen LogP contribution in [0, 0.1) is 5.82 Å². The number of hydrogen-bond donors (Lipinski definition) is 2. The summed E-state index contributed by atoms with van der Waals surface area (Å²) in [6.45, 7) is 1.06. The van der Waals surface area contributed by atoms with Crippen molar-refractivity contribution in [1.29, 1.82) is 0 Å². The second-order valence-electron chi connectivity index (χ2n) is 11.0. The van der Waals surface area contributed by atoms with Gasteiger partial charge in [0.1, 0.15) is 17.3 Å². The van der Waals surface area contributed by atoms with Crippen LogP contribution in [0.5, 0.6) is 0 Å². The number of nitrogens with one attached hydrogen (secondary N) is 1. The Hall–Kier alpha value is -4.22. The number of fused-ring (bicyclic) bond motifs is 1. The number of rotatable bonds is 14. The predicted molar refractivity (Wildman–Crippen MR) is 165 cm³/mol. The van der Waals surface area contributed by atoms with E-state index in [9.17, 15) is 22.4 Å². The summed E-state index contributed by atoms with van der Waals surface area (Å²) in [6, 6.07) is 15.9. The van der Waals surface area contributed by atoms with E-state index in [1.54, 1.807) is 36.4 Å². The van der Waals surface area contributed by atoms with E-state index in [0.29, 0.717) is 42.2 Å². The second kappa shape index (κ2) is 13.2. The van der Waals surface area contributed by atoms with Crippen molar-refractivity contribution in [3.8, 4) is 22.6 Å². The number of carboxylic acids is 1. The van der Waals surface area contributed by atoms with Gasteiger partial charge in [-0.3, -0.25) is 9.10 Å². The molecule has 2 N–H and O–H groups in total. The van der Waals surface area contributed by atoms with E-state index in [4.69, 9.17) is 14.3 Å². The fraction of sp³-hybridized carbons (Fsp3) is 0.333. The summed E-state index contributed by atoms with van der Waals surface area (Å²) in [6.07, 6.45) is 4.93. The van der Waals surface area contributed by atoms with Gasteiger partial charge in [-0.25, -0.2) is 17.6 Å². The first-order chi connectivity index (χ1) is 21.1. The van der Waals surface area contributed by atoms with E-state index in [-0.39, 0.29) is 35.3 Å². The number of halogens is 1. The van der Waals surface area contributed by atoms with Crippen molar-refractivity contribution in [3.63, 3.8) is 0 Å². The molecule has 11 heteroatoms. The first kappa shape index (κ1) is 31.2. The van der Waals surface area contributed by atoms with Gasteiger partial charge in [-0.2, -0.15) is 0 Å². The highest BCUT2D eigenvalue weighted by molar-refractivity contribution is 7.92. The molecular weight excluding hydrogens is 587 g/mol. The summed E-state index contributed by atoms with van der Waals surface area (Å²) in [5.74, 6) is -0.864. The molecule has 0 aromatic heterocycles. The molecule has 1 heterocycles. The van der Waals surface area contributed by atoms with E-state index < -0.39 is 21.8 Å². The van der Waals surface area contributed by atoms with Crippen molar-refractivity contribution in [2.75, 3.05) is 37.4 Å². The Kier molecular flexibility index (Phi) is 9.36. The van der Waals surface area contributed by atoms with Crippen LogP contribution in [0.2, 0.25) is 0 Å². The SMILES string of the molecule is CNC(=O)c1cc2c(C3CC3)c(N(CCCOCCCc3ccc(C(=O)O)cc3)S(C)(=O)=O)cc-2oc1-c1ccc(F)cc1. The van der Waals surface area contributed by atoms with Gasteiger partial charge in [-0.05, 0) is 91.6 Å². The third kappa shape index (κ3) is 7.11. The Labute approximate surface area is 256 Å². The van der Waals surface area contributed by atoms with Gasteiger partial charge in [-0.15, -0.1) is 0 Å². The van der Waals surface area contributed by atoms with Crippen LogP contribution < -0.4 is 9.62 Å². The highest BCUT2D eigenvalue weighted by Crippen LogP contribution is 2.53. The third-order valence-corrected chi connectivity index (χ3v) is 8.86. The highest BCUT2D eigenvalue weighted by Gasteiger charge is 2.37. The summed E-state index contributed by atoms with van der Waals surface area (Å²) in [7, 11) is -2.14. The largest absolute Gasteiger partial charge is 0.478 e. The Morgan fingerprint density at radius 1 is 1.05 bits per heavy atom. The van der Waals surface area contributed by atoms with Crippen LogP contribution in [0.3, 0.4) is 0 Å². The van der Waals surface area contributed by atoms with E-state index in [1.807, 2.05) is 0 Å². The number of anilines is 1. The molecule has 0 radical (unpaired) electrons. The molecule has 3 aliphatic rings. The molecule has 1 aliphatic heterocycles. The zero-order valence-electron chi connectivity index (χ0n) is 24.6. The van der Waals surface area contributed by atoms with Crippen LogP contribution in [0.15, 0.2) is 65.1 Å². The Bertz CT molecular complexity index is 1710. The number of aromatic carboxylic acids is 1. The molecule has 232 valence electrons. The first-order valence-corrected chi connectivity index (χ1v) is 16.4. The fourth-order valence-corrected chi connectivity index (χ4v) is 6.32. The highest BCUT2D eigenvalue weighted by atomic mass is 32.2. The van der Waals surface area contributed by atoms with Crippen molar-refractivity contribution in [1.82, 2.24) is 5.32 Å². The molecule has 0 saturated heterocycles. The molecule has 1 saturated carbocycles. The average molecular weight is 623 g/mol. The lowest BCUT2D eigenvalue weighted by molar-refractivity contribution is 0.0696. The van der Waals surface area contributed by atoms with Crippen LogP contribution in [-0.2, 0) is 21.2 Å². The number of carboxylic acid groups (broad SMARTS) is 1. The van der Waals surface area contributed by atoms with Gasteiger partial charge < -0.3 is 19.6 Å². The van der Waals surface area contributed by atoms with E-state index in [2.05, 4.69) is 5.32 Å². The van der Waals surface area contributed by atoms with E-state index in [1.165, 1.54) is 41.9 Å². The topological polar surface area (TPSA) is 126 Å². The quantitative estimate of drug-likeness (QED) is 0.167. The molecule has 1 amide bonds. The van der Waals surface area contributed by atoms with Crippen molar-refractivity contribution in [2.24, 2.45) is 0 Å². The van der Waals surface area contributed by atoms with E-state index in [0.717, 1.165) is 36.8 Å². The second-order valence-corrected chi connectivity index (χ2v) is 12.9. The monoisotopic (exact) mass is 622 g/mol. The van der Waals surface area contributed by atoms with Crippen LogP contribution in [0.4, 0.5) is 10.1 Å². The zero-order valence-corrected chi connectivity index (χ0v) is 25.5. The molecule has 1 fully saturated rings. The number of amides is 1. The maximum absolute atomic E-state index is 13.6. The molecule has 5 rings (SSSR count). The van der Waals surface area contributed by atoms with Crippen molar-refractivity contribution in [3.05, 3.63) is 88.7 Å². The van der Waals surface area contributed by atoms with Gasteiger partial charge in [0, 0.05) is 44.0 Å². The van der Waals surface area contributed by atoms with Crippen molar-refractivity contribution < 1.29 is 36.7 Å². The van der Waals surface area contributed by atoms with Gasteiger partial charge >= 0.3 is 5.97 Å². The predicted octanol–water partition coefficient (Wildman–Crippen LogP) is 5.93. The number of carbonyl (C=O) groups is 2. The molecule has 44 heavy (non-hydrogen) atoms. The zero-order chi connectivity index (χ0) is 31.4. The molecule has 2 aromatic rings. The number of aryl methyl sites for hydroxylation is 1. The number of hydrogen-bond acceptors (Lipinski definition) is 6. The Morgan fingerprint density at radius 3 is 2.34 bits per heavy atom. The summed E-state index contributed by atoms with van der Waals surface area (Å²) in [5, 5.41) is 11.7.